The number of aryl methyl sites for hydroxylation is 1. The van der Waals surface area contributed by atoms with Crippen molar-refractivity contribution in [3.63, 3.8) is 0 Å². The molecule has 0 radical (unpaired) electrons. The molecule has 7 heteroatoms. The molecule has 0 spiro atoms. The van der Waals surface area contributed by atoms with Gasteiger partial charge in [0.15, 0.2) is 0 Å². The summed E-state index contributed by atoms with van der Waals surface area (Å²) in [5.41, 5.74) is 3.83. The lowest BCUT2D eigenvalue weighted by molar-refractivity contribution is 0.392. The molecule has 2 bridgehead atoms. The minimum absolute atomic E-state index is 0.231. The van der Waals surface area contributed by atoms with E-state index in [0.717, 1.165) is 53.2 Å². The fourth-order valence-electron chi connectivity index (χ4n) is 4.68. The standard InChI is InChI=1S/C25H31ClFN3OS/c1-25(2,3)32(31)29-24-18-5-6-19(24)14-22(26)17(13-18)9-12-21-15-23(30(4)28-21)16-7-10-20(27)11-8-16/h7-12,15,18-19,24,29H,5-6,13-14H2,1-4H3. The summed E-state index contributed by atoms with van der Waals surface area (Å²) in [5, 5.41) is 5.49. The molecular formula is C25H31ClFN3OS. The van der Waals surface area contributed by atoms with Crippen molar-refractivity contribution in [2.24, 2.45) is 18.9 Å². The molecule has 1 N–H and O–H groups in total. The van der Waals surface area contributed by atoms with Gasteiger partial charge in [-0.05, 0) is 106 Å². The highest BCUT2D eigenvalue weighted by Gasteiger charge is 2.41. The predicted octanol–water partition coefficient (Wildman–Crippen LogP) is 5.97. The molecule has 4 unspecified atom stereocenters. The fourth-order valence-corrected chi connectivity index (χ4v) is 6.01. The van der Waals surface area contributed by atoms with Crippen LogP contribution >= 0.6 is 11.6 Å². The maximum Gasteiger partial charge on any atom is 0.123 e. The Morgan fingerprint density at radius 3 is 2.47 bits per heavy atom. The molecule has 0 saturated heterocycles. The van der Waals surface area contributed by atoms with Crippen LogP contribution < -0.4 is 4.72 Å². The summed E-state index contributed by atoms with van der Waals surface area (Å²) in [7, 11) is 0.802. The van der Waals surface area contributed by atoms with Crippen LogP contribution in [0.4, 0.5) is 4.39 Å². The van der Waals surface area contributed by atoms with Crippen molar-refractivity contribution in [3.8, 4) is 11.3 Å². The zero-order valence-corrected chi connectivity index (χ0v) is 20.6. The van der Waals surface area contributed by atoms with Crippen LogP contribution in [0, 0.1) is 17.7 Å². The van der Waals surface area contributed by atoms with Crippen LogP contribution in [0.2, 0.25) is 0 Å². The smallest absolute Gasteiger partial charge is 0.123 e. The van der Waals surface area contributed by atoms with Crippen LogP contribution in [0.3, 0.4) is 0 Å². The number of aromatic nitrogens is 2. The highest BCUT2D eigenvalue weighted by atomic mass is 35.5. The summed E-state index contributed by atoms with van der Waals surface area (Å²) in [6.45, 7) is 6.00. The van der Waals surface area contributed by atoms with E-state index in [2.05, 4.69) is 15.9 Å². The SMILES string of the molecule is Cn1nc(C=CC2=C(Cl)CC3CCC(C2)C3NS(=O)C(C)(C)C)cc1-c1ccc(F)cc1. The van der Waals surface area contributed by atoms with Gasteiger partial charge in [0, 0.05) is 18.1 Å². The van der Waals surface area contributed by atoms with Crippen LogP contribution in [0.25, 0.3) is 17.3 Å². The Morgan fingerprint density at radius 1 is 1.16 bits per heavy atom. The molecule has 2 aliphatic carbocycles. The first-order valence-corrected chi connectivity index (χ1v) is 12.7. The van der Waals surface area contributed by atoms with E-state index in [0.29, 0.717) is 11.8 Å². The Labute approximate surface area is 197 Å². The molecule has 32 heavy (non-hydrogen) atoms. The van der Waals surface area contributed by atoms with Gasteiger partial charge in [-0.3, -0.25) is 4.68 Å². The Balaban J connectivity index is 1.50. The van der Waals surface area contributed by atoms with Gasteiger partial charge in [-0.2, -0.15) is 5.10 Å². The molecule has 1 saturated carbocycles. The largest absolute Gasteiger partial charge is 0.267 e. The number of hydrogen-bond acceptors (Lipinski definition) is 2. The third kappa shape index (κ3) is 5.08. The number of allylic oxidation sites excluding steroid dienone is 3. The summed E-state index contributed by atoms with van der Waals surface area (Å²) in [4.78, 5) is 0. The van der Waals surface area contributed by atoms with Gasteiger partial charge >= 0.3 is 0 Å². The molecule has 1 aromatic heterocycles. The van der Waals surface area contributed by atoms with Gasteiger partial charge in [0.05, 0.1) is 27.1 Å². The Morgan fingerprint density at radius 2 is 1.81 bits per heavy atom. The van der Waals surface area contributed by atoms with Gasteiger partial charge < -0.3 is 0 Å². The van der Waals surface area contributed by atoms with Crippen molar-refractivity contribution >= 4 is 28.7 Å². The molecule has 172 valence electrons. The van der Waals surface area contributed by atoms with E-state index in [1.54, 1.807) is 16.8 Å². The van der Waals surface area contributed by atoms with Crippen LogP contribution in [0.5, 0.6) is 0 Å². The van der Waals surface area contributed by atoms with E-state index in [1.165, 1.54) is 12.1 Å². The van der Waals surface area contributed by atoms with Crippen molar-refractivity contribution in [3.05, 3.63) is 58.5 Å². The lowest BCUT2D eigenvalue weighted by Gasteiger charge is -2.27. The molecule has 2 aliphatic rings. The van der Waals surface area contributed by atoms with Crippen LogP contribution in [-0.4, -0.2) is 24.8 Å². The second-order valence-corrected chi connectivity index (χ2v) is 12.3. The highest BCUT2D eigenvalue weighted by molar-refractivity contribution is 7.84. The van der Waals surface area contributed by atoms with Crippen molar-refractivity contribution in [2.45, 2.75) is 57.2 Å². The number of rotatable bonds is 5. The number of nitrogens with zero attached hydrogens (tertiary/aromatic N) is 2. The van der Waals surface area contributed by atoms with E-state index in [-0.39, 0.29) is 16.6 Å². The molecule has 4 atom stereocenters. The van der Waals surface area contributed by atoms with E-state index in [1.807, 2.05) is 40.0 Å². The maximum atomic E-state index is 13.3. The fraction of sp³-hybridized carbons (Fsp3) is 0.480. The number of benzene rings is 1. The van der Waals surface area contributed by atoms with Crippen molar-refractivity contribution in [2.75, 3.05) is 0 Å². The van der Waals surface area contributed by atoms with Gasteiger partial charge in [0.25, 0.3) is 0 Å². The van der Waals surface area contributed by atoms with E-state index in [9.17, 15) is 8.60 Å². The molecule has 4 nitrogen and oxygen atoms in total. The van der Waals surface area contributed by atoms with Gasteiger partial charge in [0.1, 0.15) is 5.82 Å². The average Bonchev–Trinajstić information content (AvgIpc) is 3.23. The second-order valence-electron chi connectivity index (χ2n) is 9.88. The van der Waals surface area contributed by atoms with Crippen molar-refractivity contribution in [1.82, 2.24) is 14.5 Å². The topological polar surface area (TPSA) is 46.9 Å². The van der Waals surface area contributed by atoms with Crippen molar-refractivity contribution < 1.29 is 8.60 Å². The van der Waals surface area contributed by atoms with Gasteiger partial charge in [-0.15, -0.1) is 0 Å². The second kappa shape index (κ2) is 9.24. The predicted molar refractivity (Wildman–Crippen MR) is 131 cm³/mol. The number of hydrogen-bond donors (Lipinski definition) is 1. The summed E-state index contributed by atoms with van der Waals surface area (Å²) in [6.07, 6.45) is 8.03. The third-order valence-corrected chi connectivity index (χ3v) is 8.48. The van der Waals surface area contributed by atoms with E-state index in [4.69, 9.17) is 11.6 Å². The first kappa shape index (κ1) is 23.4. The zero-order chi connectivity index (χ0) is 23.0. The molecule has 1 heterocycles. The monoisotopic (exact) mass is 475 g/mol. The average molecular weight is 476 g/mol. The molecule has 1 fully saturated rings. The number of halogens is 2. The first-order chi connectivity index (χ1) is 15.1. The zero-order valence-electron chi connectivity index (χ0n) is 19.1. The minimum atomic E-state index is -1.09. The van der Waals surface area contributed by atoms with Crippen LogP contribution in [0.1, 0.15) is 52.1 Å². The molecule has 0 aliphatic heterocycles. The third-order valence-electron chi connectivity index (χ3n) is 6.49. The lowest BCUT2D eigenvalue weighted by Crippen LogP contribution is -2.44. The Kier molecular flexibility index (Phi) is 6.76. The first-order valence-electron chi connectivity index (χ1n) is 11.2. The van der Waals surface area contributed by atoms with Crippen molar-refractivity contribution in [1.29, 1.82) is 0 Å². The molecule has 1 aromatic carbocycles. The normalized spacial score (nSPS) is 24.9. The van der Waals surface area contributed by atoms with Crippen LogP contribution in [-0.2, 0) is 18.0 Å². The molecule has 2 aromatic rings. The van der Waals surface area contributed by atoms with E-state index < -0.39 is 11.0 Å². The summed E-state index contributed by atoms with van der Waals surface area (Å²) < 4.78 is 30.9. The molecular weight excluding hydrogens is 445 g/mol. The van der Waals surface area contributed by atoms with E-state index >= 15 is 0 Å². The summed E-state index contributed by atoms with van der Waals surface area (Å²) in [5.74, 6) is 0.602. The Hall–Kier alpha value is -1.76. The maximum absolute atomic E-state index is 13.3. The van der Waals surface area contributed by atoms with Gasteiger partial charge in [0.2, 0.25) is 0 Å². The quantitative estimate of drug-likeness (QED) is 0.578. The minimum Gasteiger partial charge on any atom is -0.267 e. The Bertz CT molecular complexity index is 1070. The summed E-state index contributed by atoms with van der Waals surface area (Å²) in [6, 6.07) is 8.67. The number of fused-ring (bicyclic) bond motifs is 2. The highest BCUT2D eigenvalue weighted by Crippen LogP contribution is 2.44. The number of nitrogens with one attached hydrogen (secondary N) is 1. The van der Waals surface area contributed by atoms with Crippen LogP contribution in [0.15, 0.2) is 47.0 Å². The molecule has 0 amide bonds. The summed E-state index contributed by atoms with van der Waals surface area (Å²) >= 11 is 6.75. The van der Waals surface area contributed by atoms with Gasteiger partial charge in [-0.1, -0.05) is 17.7 Å². The van der Waals surface area contributed by atoms with Gasteiger partial charge in [-0.25, -0.2) is 13.3 Å². The molecule has 4 rings (SSSR count). The lowest BCUT2D eigenvalue weighted by atomic mass is 9.95.